The van der Waals surface area contributed by atoms with Crippen molar-refractivity contribution in [3.05, 3.63) is 59.7 Å². The normalized spacial score (nSPS) is 19.7. The van der Waals surface area contributed by atoms with Gasteiger partial charge >= 0.3 is 12.1 Å². The average Bonchev–Trinajstić information content (AvgIpc) is 3.39. The third-order valence-corrected chi connectivity index (χ3v) is 6.80. The van der Waals surface area contributed by atoms with Gasteiger partial charge in [-0.3, -0.25) is 4.79 Å². The van der Waals surface area contributed by atoms with Crippen molar-refractivity contribution in [3.8, 4) is 11.1 Å². The Morgan fingerprint density at radius 3 is 2.29 bits per heavy atom. The lowest BCUT2D eigenvalue weighted by Crippen LogP contribution is -2.42. The molecule has 0 saturated heterocycles. The van der Waals surface area contributed by atoms with Crippen molar-refractivity contribution in [3.63, 3.8) is 0 Å². The summed E-state index contributed by atoms with van der Waals surface area (Å²) < 4.78 is 10.5. The molecular formula is C26H30N2O6. The van der Waals surface area contributed by atoms with E-state index in [0.29, 0.717) is 0 Å². The van der Waals surface area contributed by atoms with E-state index in [1.807, 2.05) is 24.3 Å². The quantitative estimate of drug-likeness (QED) is 0.523. The summed E-state index contributed by atoms with van der Waals surface area (Å²) in [5, 5.41) is 14.6. The van der Waals surface area contributed by atoms with Crippen LogP contribution < -0.4 is 10.6 Å². The molecular weight excluding hydrogens is 436 g/mol. The minimum Gasteiger partial charge on any atom is -0.479 e. The van der Waals surface area contributed by atoms with Crippen molar-refractivity contribution >= 4 is 18.0 Å². The van der Waals surface area contributed by atoms with Gasteiger partial charge in [-0.1, -0.05) is 55.0 Å². The fourth-order valence-corrected chi connectivity index (χ4v) is 5.05. The number of benzene rings is 2. The number of carboxylic acids is 1. The third-order valence-electron chi connectivity index (χ3n) is 6.80. The molecule has 0 spiro atoms. The van der Waals surface area contributed by atoms with Gasteiger partial charge in [-0.2, -0.15) is 0 Å². The number of hydrogen-bond acceptors (Lipinski definition) is 5. The number of carboxylic acid groups (broad SMARTS) is 1. The largest absolute Gasteiger partial charge is 0.479 e. The second-order valence-corrected chi connectivity index (χ2v) is 8.84. The van der Waals surface area contributed by atoms with Crippen LogP contribution in [-0.4, -0.2) is 55.5 Å². The lowest BCUT2D eigenvalue weighted by Gasteiger charge is -2.22. The smallest absolute Gasteiger partial charge is 0.407 e. The minimum absolute atomic E-state index is 0.00808. The number of carbonyl (C=O) groups excluding carboxylic acids is 2. The molecule has 0 aromatic heterocycles. The summed E-state index contributed by atoms with van der Waals surface area (Å²) in [4.78, 5) is 35.9. The molecule has 0 bridgehead atoms. The van der Waals surface area contributed by atoms with Crippen LogP contribution >= 0.6 is 0 Å². The Morgan fingerprint density at radius 2 is 1.68 bits per heavy atom. The molecule has 34 heavy (non-hydrogen) atoms. The van der Waals surface area contributed by atoms with E-state index in [0.717, 1.165) is 30.4 Å². The lowest BCUT2D eigenvalue weighted by molar-refractivity contribution is -0.148. The van der Waals surface area contributed by atoms with Gasteiger partial charge in [-0.25, -0.2) is 9.59 Å². The van der Waals surface area contributed by atoms with E-state index in [1.165, 1.54) is 18.2 Å². The maximum absolute atomic E-state index is 12.6. The first kappa shape index (κ1) is 23.8. The highest BCUT2D eigenvalue weighted by atomic mass is 16.5. The predicted octanol–water partition coefficient (Wildman–Crippen LogP) is 3.30. The van der Waals surface area contributed by atoms with Crippen LogP contribution in [0.5, 0.6) is 0 Å². The number of methoxy groups -OCH3 is 1. The fraction of sp³-hybridized carbons (Fsp3) is 0.423. The molecule has 1 unspecified atom stereocenters. The molecule has 2 aliphatic carbocycles. The molecule has 8 nitrogen and oxygen atoms in total. The van der Waals surface area contributed by atoms with E-state index in [9.17, 15) is 14.4 Å². The van der Waals surface area contributed by atoms with E-state index >= 15 is 0 Å². The van der Waals surface area contributed by atoms with Crippen LogP contribution in [0.1, 0.15) is 42.7 Å². The predicted molar refractivity (Wildman–Crippen MR) is 125 cm³/mol. The first-order valence-corrected chi connectivity index (χ1v) is 11.6. The molecule has 0 aliphatic heterocycles. The fourth-order valence-electron chi connectivity index (χ4n) is 5.05. The van der Waals surface area contributed by atoms with Gasteiger partial charge in [0, 0.05) is 25.5 Å². The summed E-state index contributed by atoms with van der Waals surface area (Å²) in [6.45, 7) is 0.146. The van der Waals surface area contributed by atoms with E-state index in [1.54, 1.807) is 0 Å². The van der Waals surface area contributed by atoms with Gasteiger partial charge in [-0.05, 0) is 41.0 Å². The van der Waals surface area contributed by atoms with Crippen LogP contribution in [0.3, 0.4) is 0 Å². The van der Waals surface area contributed by atoms with Crippen LogP contribution in [0.2, 0.25) is 0 Å². The first-order chi connectivity index (χ1) is 16.5. The highest BCUT2D eigenvalue weighted by Gasteiger charge is 2.32. The molecule has 2 aromatic rings. The maximum Gasteiger partial charge on any atom is 0.407 e. The molecule has 0 heterocycles. The van der Waals surface area contributed by atoms with Crippen molar-refractivity contribution in [2.24, 2.45) is 5.92 Å². The Morgan fingerprint density at radius 1 is 1.03 bits per heavy atom. The molecule has 1 saturated carbocycles. The molecule has 3 N–H and O–H groups in total. The number of carbonyl (C=O) groups is 3. The van der Waals surface area contributed by atoms with Gasteiger partial charge in [0.1, 0.15) is 6.61 Å². The number of aliphatic carboxylic acids is 1. The summed E-state index contributed by atoms with van der Waals surface area (Å²) >= 11 is 0. The summed E-state index contributed by atoms with van der Waals surface area (Å²) in [7, 11) is 1.29. The zero-order chi connectivity index (χ0) is 24.1. The van der Waals surface area contributed by atoms with Crippen molar-refractivity contribution in [1.29, 1.82) is 0 Å². The summed E-state index contributed by atoms with van der Waals surface area (Å²) in [5.41, 5.74) is 4.66. The standard InChI is InChI=1S/C26H30N2O6/c1-33-23(25(30)31)14-27-24(29)13-16-7-6-12-22(16)28-26(32)34-15-21-19-10-4-2-8-17(19)18-9-3-5-11-20(18)21/h2-5,8-11,16,21-23H,6-7,12-15H2,1H3,(H,27,29)(H,28,32)(H,30,31)/t16-,22+,23?/m0/s1. The Balaban J connectivity index is 1.29. The third kappa shape index (κ3) is 5.22. The number of ether oxygens (including phenoxy) is 2. The van der Waals surface area contributed by atoms with Gasteiger partial charge in [0.15, 0.2) is 6.10 Å². The number of nitrogens with one attached hydrogen (secondary N) is 2. The number of alkyl carbamates (subject to hydrolysis) is 1. The number of fused-ring (bicyclic) bond motifs is 3. The van der Waals surface area contributed by atoms with Gasteiger partial charge in [0.2, 0.25) is 5.91 Å². The molecule has 3 atom stereocenters. The Bertz CT molecular complexity index is 1010. The Kier molecular flexibility index (Phi) is 7.47. The molecule has 2 amide bonds. The zero-order valence-electron chi connectivity index (χ0n) is 19.2. The first-order valence-electron chi connectivity index (χ1n) is 11.6. The molecule has 4 rings (SSSR count). The highest BCUT2D eigenvalue weighted by molar-refractivity contribution is 5.79. The van der Waals surface area contributed by atoms with Gasteiger partial charge < -0.3 is 25.2 Å². The van der Waals surface area contributed by atoms with Gasteiger partial charge in [0.25, 0.3) is 0 Å². The molecule has 2 aliphatic rings. The molecule has 180 valence electrons. The lowest BCUT2D eigenvalue weighted by atomic mass is 9.98. The summed E-state index contributed by atoms with van der Waals surface area (Å²) in [5.74, 6) is -1.41. The SMILES string of the molecule is COC(CNC(=O)C[C@@H]1CCC[C@H]1NC(=O)OCC1c2ccccc2-c2ccccc21)C(=O)O. The monoisotopic (exact) mass is 466 g/mol. The second kappa shape index (κ2) is 10.7. The average molecular weight is 467 g/mol. The molecule has 2 aromatic carbocycles. The molecule has 1 fully saturated rings. The van der Waals surface area contributed by atoms with Crippen LogP contribution in [0.25, 0.3) is 11.1 Å². The van der Waals surface area contributed by atoms with Crippen LogP contribution in [-0.2, 0) is 19.1 Å². The maximum atomic E-state index is 12.6. The number of amides is 2. The van der Waals surface area contributed by atoms with Crippen molar-refractivity contribution in [2.45, 2.75) is 43.7 Å². The van der Waals surface area contributed by atoms with Crippen molar-refractivity contribution in [2.75, 3.05) is 20.3 Å². The van der Waals surface area contributed by atoms with E-state index in [2.05, 4.69) is 34.9 Å². The van der Waals surface area contributed by atoms with Crippen LogP contribution in [0.4, 0.5) is 4.79 Å². The van der Waals surface area contributed by atoms with Crippen molar-refractivity contribution < 1.29 is 29.0 Å². The van der Waals surface area contributed by atoms with Crippen LogP contribution in [0.15, 0.2) is 48.5 Å². The highest BCUT2D eigenvalue weighted by Crippen LogP contribution is 2.44. The Hall–Kier alpha value is -3.39. The zero-order valence-corrected chi connectivity index (χ0v) is 19.2. The van der Waals surface area contributed by atoms with Gasteiger partial charge in [-0.15, -0.1) is 0 Å². The minimum atomic E-state index is -1.13. The summed E-state index contributed by atoms with van der Waals surface area (Å²) in [6, 6.07) is 16.2. The Labute approximate surface area is 198 Å². The summed E-state index contributed by atoms with van der Waals surface area (Å²) in [6.07, 6.45) is 1.14. The molecule has 0 radical (unpaired) electrons. The topological polar surface area (TPSA) is 114 Å². The van der Waals surface area contributed by atoms with E-state index < -0.39 is 18.2 Å². The number of rotatable bonds is 9. The van der Waals surface area contributed by atoms with Crippen LogP contribution in [0, 0.1) is 5.92 Å². The second-order valence-electron chi connectivity index (χ2n) is 8.84. The molecule has 8 heteroatoms. The van der Waals surface area contributed by atoms with Crippen molar-refractivity contribution in [1.82, 2.24) is 10.6 Å². The number of hydrogen-bond donors (Lipinski definition) is 3. The van der Waals surface area contributed by atoms with Gasteiger partial charge in [0.05, 0.1) is 6.54 Å². The van der Waals surface area contributed by atoms with E-state index in [4.69, 9.17) is 14.6 Å². The van der Waals surface area contributed by atoms with E-state index in [-0.39, 0.29) is 43.4 Å².